The van der Waals surface area contributed by atoms with Crippen molar-refractivity contribution in [2.45, 2.75) is 37.5 Å². The first-order chi connectivity index (χ1) is 8.15. The molecule has 4 nitrogen and oxygen atoms in total. The molecule has 0 spiro atoms. The second-order valence-corrected chi connectivity index (χ2v) is 5.89. The smallest absolute Gasteiger partial charge is 0.257 e. The molecule has 0 amide bonds. The van der Waals surface area contributed by atoms with Crippen LogP contribution < -0.4 is 10.1 Å². The second kappa shape index (κ2) is 5.12. The van der Waals surface area contributed by atoms with Crippen molar-refractivity contribution in [3.8, 4) is 5.88 Å². The maximum Gasteiger partial charge on any atom is 0.257 e. The van der Waals surface area contributed by atoms with Gasteiger partial charge in [0.1, 0.15) is 0 Å². The highest BCUT2D eigenvalue weighted by molar-refractivity contribution is 8.00. The van der Waals surface area contributed by atoms with Gasteiger partial charge in [0.05, 0.1) is 6.10 Å². The molecule has 5 heteroatoms. The number of thioether (sulfide) groups is 1. The molecular formula is C12H19N3OS. The van der Waals surface area contributed by atoms with E-state index in [9.17, 15) is 0 Å². The van der Waals surface area contributed by atoms with E-state index in [1.54, 1.807) is 12.4 Å². The van der Waals surface area contributed by atoms with Gasteiger partial charge in [0.15, 0.2) is 5.82 Å². The Hall–Kier alpha value is -0.970. The monoisotopic (exact) mass is 253 g/mol. The number of hydrogen-bond acceptors (Lipinski definition) is 5. The molecule has 1 heterocycles. The van der Waals surface area contributed by atoms with Crippen LogP contribution in [0.1, 0.15) is 26.7 Å². The van der Waals surface area contributed by atoms with E-state index in [2.05, 4.69) is 21.5 Å². The van der Waals surface area contributed by atoms with Crippen LogP contribution in [-0.4, -0.2) is 33.6 Å². The van der Waals surface area contributed by atoms with Gasteiger partial charge in [-0.05, 0) is 32.9 Å². The summed E-state index contributed by atoms with van der Waals surface area (Å²) in [5.41, 5.74) is 0. The highest BCUT2D eigenvalue weighted by Gasteiger charge is 2.41. The van der Waals surface area contributed by atoms with Crippen molar-refractivity contribution >= 4 is 17.6 Å². The molecule has 1 saturated carbocycles. The van der Waals surface area contributed by atoms with Gasteiger partial charge in [-0.1, -0.05) is 0 Å². The Morgan fingerprint density at radius 2 is 2.12 bits per heavy atom. The Bertz CT molecular complexity index is 380. The Balaban J connectivity index is 1.99. The van der Waals surface area contributed by atoms with Crippen LogP contribution in [0.5, 0.6) is 5.88 Å². The van der Waals surface area contributed by atoms with Gasteiger partial charge >= 0.3 is 0 Å². The summed E-state index contributed by atoms with van der Waals surface area (Å²) in [4.78, 5) is 8.50. The Morgan fingerprint density at radius 1 is 1.41 bits per heavy atom. The molecule has 0 aromatic carbocycles. The molecule has 1 aliphatic rings. The Labute approximate surface area is 107 Å². The maximum atomic E-state index is 5.62. The average molecular weight is 253 g/mol. The summed E-state index contributed by atoms with van der Waals surface area (Å²) in [6.45, 7) is 4.91. The van der Waals surface area contributed by atoms with E-state index < -0.39 is 0 Å². The summed E-state index contributed by atoms with van der Waals surface area (Å²) in [5, 5.41) is 3.35. The first kappa shape index (κ1) is 12.5. The molecule has 0 saturated heterocycles. The van der Waals surface area contributed by atoms with Gasteiger partial charge < -0.3 is 10.1 Å². The van der Waals surface area contributed by atoms with Crippen LogP contribution in [0.4, 0.5) is 5.82 Å². The Kier molecular flexibility index (Phi) is 3.76. The third-order valence-electron chi connectivity index (χ3n) is 2.83. The van der Waals surface area contributed by atoms with E-state index in [0.717, 1.165) is 12.4 Å². The fourth-order valence-electron chi connectivity index (χ4n) is 1.59. The predicted molar refractivity (Wildman–Crippen MR) is 71.8 cm³/mol. The van der Waals surface area contributed by atoms with E-state index >= 15 is 0 Å². The summed E-state index contributed by atoms with van der Waals surface area (Å²) in [6, 6.07) is 0. The van der Waals surface area contributed by atoms with E-state index in [-0.39, 0.29) is 6.10 Å². The minimum absolute atomic E-state index is 0.114. The number of hydrogen-bond donors (Lipinski definition) is 1. The van der Waals surface area contributed by atoms with Crippen molar-refractivity contribution in [3.63, 3.8) is 0 Å². The molecule has 0 unspecified atom stereocenters. The zero-order chi connectivity index (χ0) is 12.3. The summed E-state index contributed by atoms with van der Waals surface area (Å²) < 4.78 is 6.03. The number of nitrogens with one attached hydrogen (secondary N) is 1. The lowest BCUT2D eigenvalue weighted by Gasteiger charge is -2.16. The standard InChI is InChI=1S/C12H19N3OS/c1-9(2)16-11-10(13-6-7-14-11)15-8-12(17-3)4-5-12/h6-7,9H,4-5,8H2,1-3H3,(H,13,15). The van der Waals surface area contributed by atoms with Crippen molar-refractivity contribution in [3.05, 3.63) is 12.4 Å². The van der Waals surface area contributed by atoms with Crippen LogP contribution in [0, 0.1) is 0 Å². The molecule has 0 aliphatic heterocycles. The molecule has 0 bridgehead atoms. The van der Waals surface area contributed by atoms with Crippen molar-refractivity contribution in [1.82, 2.24) is 9.97 Å². The van der Waals surface area contributed by atoms with Crippen LogP contribution in [0.2, 0.25) is 0 Å². The topological polar surface area (TPSA) is 47.0 Å². The van der Waals surface area contributed by atoms with Crippen LogP contribution in [0.15, 0.2) is 12.4 Å². The zero-order valence-corrected chi connectivity index (χ0v) is 11.4. The van der Waals surface area contributed by atoms with Crippen LogP contribution in [0.25, 0.3) is 0 Å². The van der Waals surface area contributed by atoms with Gasteiger partial charge in [-0.15, -0.1) is 0 Å². The number of anilines is 1. The highest BCUT2D eigenvalue weighted by Crippen LogP contribution is 2.47. The molecule has 1 aromatic heterocycles. The molecule has 0 atom stereocenters. The molecule has 2 rings (SSSR count). The van der Waals surface area contributed by atoms with E-state index in [1.165, 1.54) is 12.8 Å². The minimum atomic E-state index is 0.114. The van der Waals surface area contributed by atoms with Crippen LogP contribution >= 0.6 is 11.8 Å². The number of aromatic nitrogens is 2. The van der Waals surface area contributed by atoms with E-state index in [4.69, 9.17) is 4.74 Å². The van der Waals surface area contributed by atoms with Gasteiger partial charge in [0.2, 0.25) is 0 Å². The van der Waals surface area contributed by atoms with Gasteiger partial charge in [-0.25, -0.2) is 9.97 Å². The van der Waals surface area contributed by atoms with Gasteiger partial charge in [-0.2, -0.15) is 11.8 Å². The van der Waals surface area contributed by atoms with Crippen molar-refractivity contribution in [2.24, 2.45) is 0 Å². The number of rotatable bonds is 6. The summed E-state index contributed by atoms with van der Waals surface area (Å²) in [6.07, 6.45) is 8.18. The SMILES string of the molecule is CSC1(CNc2nccnc2OC(C)C)CC1. The Morgan fingerprint density at radius 3 is 2.71 bits per heavy atom. The molecule has 94 valence electrons. The molecule has 1 aromatic rings. The molecule has 1 aliphatic carbocycles. The lowest BCUT2D eigenvalue weighted by Crippen LogP contribution is -2.19. The number of ether oxygens (including phenoxy) is 1. The first-order valence-corrected chi connectivity index (χ1v) is 7.14. The fraction of sp³-hybridized carbons (Fsp3) is 0.667. The molecule has 1 N–H and O–H groups in total. The third kappa shape index (κ3) is 3.25. The fourth-order valence-corrected chi connectivity index (χ4v) is 2.32. The summed E-state index contributed by atoms with van der Waals surface area (Å²) in [5.74, 6) is 1.35. The van der Waals surface area contributed by atoms with Gasteiger partial charge in [0.25, 0.3) is 5.88 Å². The summed E-state index contributed by atoms with van der Waals surface area (Å²) in [7, 11) is 0. The third-order valence-corrected chi connectivity index (χ3v) is 4.25. The minimum Gasteiger partial charge on any atom is -0.472 e. The predicted octanol–water partition coefficient (Wildman–Crippen LogP) is 2.57. The molecular weight excluding hydrogens is 234 g/mol. The average Bonchev–Trinajstić information content (AvgIpc) is 3.08. The van der Waals surface area contributed by atoms with Crippen molar-refractivity contribution in [2.75, 3.05) is 18.1 Å². The number of nitrogens with zero attached hydrogens (tertiary/aromatic N) is 2. The maximum absolute atomic E-state index is 5.62. The van der Waals surface area contributed by atoms with Crippen molar-refractivity contribution < 1.29 is 4.74 Å². The molecule has 0 radical (unpaired) electrons. The molecule has 1 fully saturated rings. The molecule has 17 heavy (non-hydrogen) atoms. The van der Waals surface area contributed by atoms with Gasteiger partial charge in [-0.3, -0.25) is 0 Å². The quantitative estimate of drug-likeness (QED) is 0.844. The lowest BCUT2D eigenvalue weighted by atomic mass is 10.4. The van der Waals surface area contributed by atoms with Crippen LogP contribution in [-0.2, 0) is 0 Å². The first-order valence-electron chi connectivity index (χ1n) is 5.92. The second-order valence-electron chi connectivity index (χ2n) is 4.62. The van der Waals surface area contributed by atoms with Crippen molar-refractivity contribution in [1.29, 1.82) is 0 Å². The van der Waals surface area contributed by atoms with Gasteiger partial charge in [0, 0.05) is 23.7 Å². The lowest BCUT2D eigenvalue weighted by molar-refractivity contribution is 0.233. The summed E-state index contributed by atoms with van der Waals surface area (Å²) >= 11 is 1.93. The largest absolute Gasteiger partial charge is 0.472 e. The highest BCUT2D eigenvalue weighted by atomic mass is 32.2. The normalized spacial score (nSPS) is 16.9. The zero-order valence-electron chi connectivity index (χ0n) is 10.6. The van der Waals surface area contributed by atoms with E-state index in [0.29, 0.717) is 10.6 Å². The van der Waals surface area contributed by atoms with E-state index in [1.807, 2.05) is 25.6 Å². The van der Waals surface area contributed by atoms with Crippen LogP contribution in [0.3, 0.4) is 0 Å².